The van der Waals surface area contributed by atoms with Crippen LogP contribution in [0.3, 0.4) is 0 Å². The van der Waals surface area contributed by atoms with Gasteiger partial charge in [0.25, 0.3) is 5.91 Å². The standard InChI is InChI=1S/C23H16F5N5O/c1-2-14-10-20(33(32-14)15-6-4-13(24)5-7-15)31-22(34)17-11-16(21-29-8-3-9-30-21)18(12-19(17)25)23(26,27)28/h3-12H,2H2,1H3,(H,31,34). The molecule has 0 bridgehead atoms. The van der Waals surface area contributed by atoms with Crippen LogP contribution in [0, 0.1) is 11.6 Å². The number of carbonyl (C=O) groups is 1. The maximum Gasteiger partial charge on any atom is 0.417 e. The smallest absolute Gasteiger partial charge is 0.306 e. The summed E-state index contributed by atoms with van der Waals surface area (Å²) >= 11 is 0. The third-order valence-electron chi connectivity index (χ3n) is 4.90. The Kier molecular flexibility index (Phi) is 6.10. The summed E-state index contributed by atoms with van der Waals surface area (Å²) in [4.78, 5) is 20.5. The summed E-state index contributed by atoms with van der Waals surface area (Å²) in [7, 11) is 0. The molecule has 4 rings (SSSR count). The first-order valence-electron chi connectivity index (χ1n) is 10.0. The molecule has 2 heterocycles. The monoisotopic (exact) mass is 473 g/mol. The van der Waals surface area contributed by atoms with E-state index in [4.69, 9.17) is 0 Å². The number of amides is 1. The predicted octanol–water partition coefficient (Wildman–Crippen LogP) is 5.44. The molecule has 0 atom stereocenters. The molecular weight excluding hydrogens is 457 g/mol. The highest BCUT2D eigenvalue weighted by atomic mass is 19.4. The number of nitrogens with one attached hydrogen (secondary N) is 1. The van der Waals surface area contributed by atoms with Crippen molar-refractivity contribution in [2.75, 3.05) is 5.32 Å². The fourth-order valence-electron chi connectivity index (χ4n) is 3.26. The van der Waals surface area contributed by atoms with Crippen LogP contribution in [0.5, 0.6) is 0 Å². The summed E-state index contributed by atoms with van der Waals surface area (Å²) in [6.07, 6.45) is -1.93. The van der Waals surface area contributed by atoms with Gasteiger partial charge in [-0.2, -0.15) is 18.3 Å². The van der Waals surface area contributed by atoms with Crippen molar-refractivity contribution in [2.45, 2.75) is 19.5 Å². The van der Waals surface area contributed by atoms with Gasteiger partial charge in [0.05, 0.1) is 22.5 Å². The Morgan fingerprint density at radius 2 is 1.71 bits per heavy atom. The highest BCUT2D eigenvalue weighted by Crippen LogP contribution is 2.37. The Morgan fingerprint density at radius 1 is 1.03 bits per heavy atom. The molecule has 0 radical (unpaired) electrons. The topological polar surface area (TPSA) is 72.7 Å². The summed E-state index contributed by atoms with van der Waals surface area (Å²) in [6, 6.07) is 9.23. The van der Waals surface area contributed by atoms with E-state index < -0.39 is 40.4 Å². The van der Waals surface area contributed by atoms with E-state index in [1.807, 2.05) is 6.92 Å². The van der Waals surface area contributed by atoms with Gasteiger partial charge in [0.1, 0.15) is 17.5 Å². The van der Waals surface area contributed by atoms with Gasteiger partial charge in [0.15, 0.2) is 5.82 Å². The van der Waals surface area contributed by atoms with E-state index in [1.165, 1.54) is 53.5 Å². The Balaban J connectivity index is 1.76. The van der Waals surface area contributed by atoms with E-state index >= 15 is 0 Å². The van der Waals surface area contributed by atoms with E-state index in [0.29, 0.717) is 17.8 Å². The number of aromatic nitrogens is 4. The van der Waals surface area contributed by atoms with E-state index in [2.05, 4.69) is 20.4 Å². The number of carbonyl (C=O) groups excluding carboxylic acids is 1. The van der Waals surface area contributed by atoms with Gasteiger partial charge in [-0.25, -0.2) is 23.4 Å². The quantitative estimate of drug-likeness (QED) is 0.392. The molecule has 1 amide bonds. The molecule has 0 aliphatic carbocycles. The second kappa shape index (κ2) is 9.00. The van der Waals surface area contributed by atoms with E-state index in [1.54, 1.807) is 0 Å². The number of rotatable bonds is 5. The van der Waals surface area contributed by atoms with Gasteiger partial charge in [-0.05, 0) is 48.9 Å². The fourth-order valence-corrected chi connectivity index (χ4v) is 3.26. The van der Waals surface area contributed by atoms with Crippen molar-refractivity contribution in [2.24, 2.45) is 0 Å². The molecule has 0 fully saturated rings. The average Bonchev–Trinajstić information content (AvgIpc) is 3.22. The summed E-state index contributed by atoms with van der Waals surface area (Å²) in [6.45, 7) is 1.82. The zero-order chi connectivity index (χ0) is 24.5. The van der Waals surface area contributed by atoms with Crippen molar-refractivity contribution in [3.05, 3.63) is 89.4 Å². The van der Waals surface area contributed by atoms with Gasteiger partial charge >= 0.3 is 6.18 Å². The average molecular weight is 473 g/mol. The highest BCUT2D eigenvalue weighted by molar-refractivity contribution is 6.05. The number of anilines is 1. The van der Waals surface area contributed by atoms with Crippen molar-refractivity contribution in [1.82, 2.24) is 19.7 Å². The predicted molar refractivity (Wildman–Crippen MR) is 113 cm³/mol. The van der Waals surface area contributed by atoms with Crippen molar-refractivity contribution in [1.29, 1.82) is 0 Å². The number of hydrogen-bond acceptors (Lipinski definition) is 4. The van der Waals surface area contributed by atoms with Crippen LogP contribution in [0.4, 0.5) is 27.8 Å². The normalized spacial score (nSPS) is 11.5. The van der Waals surface area contributed by atoms with Crippen LogP contribution in [0.2, 0.25) is 0 Å². The van der Waals surface area contributed by atoms with Crippen LogP contribution in [0.25, 0.3) is 17.1 Å². The molecule has 34 heavy (non-hydrogen) atoms. The van der Waals surface area contributed by atoms with Crippen LogP contribution in [-0.2, 0) is 12.6 Å². The maximum absolute atomic E-state index is 14.7. The van der Waals surface area contributed by atoms with Gasteiger partial charge in [-0.1, -0.05) is 6.92 Å². The molecule has 2 aromatic heterocycles. The molecule has 0 aliphatic heterocycles. The first-order valence-corrected chi connectivity index (χ1v) is 10.0. The molecule has 174 valence electrons. The van der Waals surface area contributed by atoms with Gasteiger partial charge < -0.3 is 5.32 Å². The Labute approximate surface area is 190 Å². The minimum Gasteiger partial charge on any atom is -0.306 e. The van der Waals surface area contributed by atoms with Gasteiger partial charge in [-0.3, -0.25) is 4.79 Å². The second-order valence-electron chi connectivity index (χ2n) is 7.16. The van der Waals surface area contributed by atoms with Crippen molar-refractivity contribution < 1.29 is 26.7 Å². The molecule has 11 heteroatoms. The van der Waals surface area contributed by atoms with Crippen LogP contribution in [0.1, 0.15) is 28.5 Å². The number of alkyl halides is 3. The van der Waals surface area contributed by atoms with E-state index in [0.717, 1.165) is 6.07 Å². The van der Waals surface area contributed by atoms with Crippen LogP contribution < -0.4 is 5.32 Å². The molecular formula is C23H16F5N5O. The number of hydrogen-bond donors (Lipinski definition) is 1. The van der Waals surface area contributed by atoms with Crippen molar-refractivity contribution in [3.63, 3.8) is 0 Å². The zero-order valence-corrected chi connectivity index (χ0v) is 17.6. The minimum absolute atomic E-state index is 0.130. The number of aryl methyl sites for hydroxylation is 1. The van der Waals surface area contributed by atoms with E-state index in [9.17, 15) is 26.7 Å². The lowest BCUT2D eigenvalue weighted by atomic mass is 10.0. The van der Waals surface area contributed by atoms with Gasteiger partial charge in [0, 0.05) is 24.0 Å². The molecule has 6 nitrogen and oxygen atoms in total. The Morgan fingerprint density at radius 3 is 2.32 bits per heavy atom. The van der Waals surface area contributed by atoms with Gasteiger partial charge in [-0.15, -0.1) is 0 Å². The Bertz CT molecular complexity index is 1330. The van der Waals surface area contributed by atoms with E-state index in [-0.39, 0.29) is 17.7 Å². The largest absolute Gasteiger partial charge is 0.417 e. The summed E-state index contributed by atoms with van der Waals surface area (Å²) in [5.74, 6) is -3.03. The zero-order valence-electron chi connectivity index (χ0n) is 17.6. The number of benzene rings is 2. The molecule has 0 spiro atoms. The minimum atomic E-state index is -4.90. The second-order valence-corrected chi connectivity index (χ2v) is 7.16. The maximum atomic E-state index is 14.7. The third kappa shape index (κ3) is 4.63. The van der Waals surface area contributed by atoms with Crippen LogP contribution >= 0.6 is 0 Å². The summed E-state index contributed by atoms with van der Waals surface area (Å²) in [5, 5.41) is 6.80. The Hall–Kier alpha value is -4.15. The molecule has 0 aliphatic rings. The molecule has 2 aromatic carbocycles. The first kappa shape index (κ1) is 23.0. The van der Waals surface area contributed by atoms with Gasteiger partial charge in [0.2, 0.25) is 0 Å². The van der Waals surface area contributed by atoms with Crippen molar-refractivity contribution >= 4 is 11.7 Å². The lowest BCUT2D eigenvalue weighted by molar-refractivity contribution is -0.137. The lowest BCUT2D eigenvalue weighted by Crippen LogP contribution is -2.18. The fraction of sp³-hybridized carbons (Fsp3) is 0.130. The lowest BCUT2D eigenvalue weighted by Gasteiger charge is -2.15. The summed E-state index contributed by atoms with van der Waals surface area (Å²) < 4.78 is 70.0. The highest BCUT2D eigenvalue weighted by Gasteiger charge is 2.36. The molecule has 0 saturated heterocycles. The van der Waals surface area contributed by atoms with Crippen LogP contribution in [-0.4, -0.2) is 25.7 Å². The molecule has 0 saturated carbocycles. The summed E-state index contributed by atoms with van der Waals surface area (Å²) in [5.41, 5.74) is -1.49. The first-order chi connectivity index (χ1) is 16.2. The molecule has 0 unspecified atom stereocenters. The number of nitrogens with zero attached hydrogens (tertiary/aromatic N) is 4. The number of halogens is 5. The third-order valence-corrected chi connectivity index (χ3v) is 4.90. The molecule has 4 aromatic rings. The SMILES string of the molecule is CCc1cc(NC(=O)c2cc(-c3ncccn3)c(C(F)(F)F)cc2F)n(-c2ccc(F)cc2)n1. The van der Waals surface area contributed by atoms with Crippen molar-refractivity contribution in [3.8, 4) is 17.1 Å². The van der Waals surface area contributed by atoms with Crippen LogP contribution in [0.15, 0.2) is 60.9 Å². The molecule has 1 N–H and O–H groups in total.